The highest BCUT2D eigenvalue weighted by Gasteiger charge is 2.23. The number of benzene rings is 1. The number of amides is 1. The molecule has 0 fully saturated rings. The number of non-ortho nitro benzene ring substituents is 1. The zero-order valence-corrected chi connectivity index (χ0v) is 13.3. The van der Waals surface area contributed by atoms with Crippen molar-refractivity contribution in [1.29, 1.82) is 0 Å². The Morgan fingerprint density at radius 1 is 1.19 bits per heavy atom. The van der Waals surface area contributed by atoms with E-state index >= 15 is 0 Å². The normalized spacial score (nSPS) is 11.9. The van der Waals surface area contributed by atoms with Gasteiger partial charge in [-0.3, -0.25) is 15.4 Å². The van der Waals surface area contributed by atoms with Gasteiger partial charge in [-0.1, -0.05) is 20.8 Å². The molecule has 1 aromatic rings. The van der Waals surface area contributed by atoms with Crippen molar-refractivity contribution in [2.24, 2.45) is 0 Å². The molecule has 0 atom stereocenters. The van der Waals surface area contributed by atoms with E-state index in [2.05, 4.69) is 5.32 Å². The van der Waals surface area contributed by atoms with E-state index in [4.69, 9.17) is 4.74 Å². The second-order valence-corrected chi connectivity index (χ2v) is 6.86. The topological polar surface area (TPSA) is 81.5 Å². The molecule has 6 nitrogen and oxygen atoms in total. The molecule has 0 saturated carbocycles. The van der Waals surface area contributed by atoms with E-state index in [1.54, 1.807) is 26.8 Å². The summed E-state index contributed by atoms with van der Waals surface area (Å²) in [7, 11) is 0. The van der Waals surface area contributed by atoms with Crippen molar-refractivity contribution in [3.8, 4) is 0 Å². The number of rotatable bonds is 2. The molecular weight excluding hydrogens is 272 g/mol. The van der Waals surface area contributed by atoms with Gasteiger partial charge in [-0.2, -0.15) is 0 Å². The smallest absolute Gasteiger partial charge is 0.412 e. The third kappa shape index (κ3) is 5.06. The first-order valence-electron chi connectivity index (χ1n) is 6.69. The Hall–Kier alpha value is -2.11. The van der Waals surface area contributed by atoms with Crippen LogP contribution in [0, 0.1) is 10.1 Å². The Labute approximate surface area is 124 Å². The lowest BCUT2D eigenvalue weighted by atomic mass is 9.85. The van der Waals surface area contributed by atoms with Crippen LogP contribution in [0.25, 0.3) is 0 Å². The lowest BCUT2D eigenvalue weighted by Crippen LogP contribution is -2.28. The summed E-state index contributed by atoms with van der Waals surface area (Å²) in [5.74, 6) is 0. The maximum atomic E-state index is 11.9. The van der Waals surface area contributed by atoms with Crippen LogP contribution in [0.15, 0.2) is 18.2 Å². The van der Waals surface area contributed by atoms with E-state index in [-0.39, 0.29) is 11.1 Å². The highest BCUT2D eigenvalue weighted by atomic mass is 16.6. The molecule has 0 saturated heterocycles. The largest absolute Gasteiger partial charge is 0.444 e. The van der Waals surface area contributed by atoms with Gasteiger partial charge in [0.15, 0.2) is 0 Å². The number of nitro groups is 1. The highest BCUT2D eigenvalue weighted by molar-refractivity contribution is 5.87. The number of hydrogen-bond acceptors (Lipinski definition) is 4. The Bertz CT molecular complexity index is 554. The zero-order valence-electron chi connectivity index (χ0n) is 13.3. The number of nitrogens with zero attached hydrogens (tertiary/aromatic N) is 1. The number of carbonyl (C=O) groups excluding carboxylic acids is 1. The third-order valence-electron chi connectivity index (χ3n) is 2.66. The predicted molar refractivity (Wildman–Crippen MR) is 81.7 cm³/mol. The first-order chi connectivity index (χ1) is 9.40. The van der Waals surface area contributed by atoms with Crippen LogP contribution in [-0.2, 0) is 10.2 Å². The molecule has 0 radical (unpaired) electrons. The van der Waals surface area contributed by atoms with Gasteiger partial charge in [0.2, 0.25) is 0 Å². The number of anilines is 1. The van der Waals surface area contributed by atoms with Gasteiger partial charge in [-0.25, -0.2) is 4.79 Å². The molecule has 0 aliphatic rings. The number of ether oxygens (including phenoxy) is 1. The van der Waals surface area contributed by atoms with Crippen molar-refractivity contribution in [1.82, 2.24) is 0 Å². The minimum absolute atomic E-state index is 0.0749. The molecule has 116 valence electrons. The van der Waals surface area contributed by atoms with Crippen molar-refractivity contribution >= 4 is 17.5 Å². The van der Waals surface area contributed by atoms with Crippen LogP contribution in [0.4, 0.5) is 16.2 Å². The summed E-state index contributed by atoms with van der Waals surface area (Å²) in [4.78, 5) is 22.3. The monoisotopic (exact) mass is 294 g/mol. The van der Waals surface area contributed by atoms with E-state index in [1.165, 1.54) is 12.1 Å². The number of carbonyl (C=O) groups is 1. The van der Waals surface area contributed by atoms with Gasteiger partial charge in [0.25, 0.3) is 5.69 Å². The summed E-state index contributed by atoms with van der Waals surface area (Å²) in [5.41, 5.74) is 0.227. The molecular formula is C15H22N2O4. The van der Waals surface area contributed by atoms with E-state index < -0.39 is 16.6 Å². The van der Waals surface area contributed by atoms with Crippen molar-refractivity contribution < 1.29 is 14.5 Å². The van der Waals surface area contributed by atoms with Crippen LogP contribution in [0.1, 0.15) is 47.1 Å². The van der Waals surface area contributed by atoms with Crippen LogP contribution in [0.2, 0.25) is 0 Å². The molecule has 1 rings (SSSR count). The number of nitrogens with one attached hydrogen (secondary N) is 1. The fourth-order valence-corrected chi connectivity index (χ4v) is 1.82. The van der Waals surface area contributed by atoms with E-state index in [1.807, 2.05) is 20.8 Å². The van der Waals surface area contributed by atoms with Gasteiger partial charge in [-0.15, -0.1) is 0 Å². The maximum Gasteiger partial charge on any atom is 0.412 e. The van der Waals surface area contributed by atoms with Crippen molar-refractivity contribution in [3.05, 3.63) is 33.9 Å². The highest BCUT2D eigenvalue weighted by Crippen LogP contribution is 2.32. The van der Waals surface area contributed by atoms with Gasteiger partial charge in [0, 0.05) is 12.1 Å². The fourth-order valence-electron chi connectivity index (χ4n) is 1.82. The van der Waals surface area contributed by atoms with Crippen molar-refractivity contribution in [2.75, 3.05) is 5.32 Å². The molecule has 1 N–H and O–H groups in total. The lowest BCUT2D eigenvalue weighted by molar-refractivity contribution is -0.384. The van der Waals surface area contributed by atoms with Gasteiger partial charge < -0.3 is 4.74 Å². The molecule has 0 unspecified atom stereocenters. The number of hydrogen-bond donors (Lipinski definition) is 1. The minimum atomic E-state index is -0.632. The first kappa shape index (κ1) is 16.9. The van der Waals surface area contributed by atoms with Gasteiger partial charge in [-0.05, 0) is 37.8 Å². The Morgan fingerprint density at radius 3 is 2.19 bits per heavy atom. The molecule has 0 bridgehead atoms. The molecule has 0 spiro atoms. The summed E-state index contributed by atoms with van der Waals surface area (Å²) in [6.07, 6.45) is -0.631. The van der Waals surface area contributed by atoms with Crippen molar-refractivity contribution in [2.45, 2.75) is 52.6 Å². The second kappa shape index (κ2) is 5.71. The quantitative estimate of drug-likeness (QED) is 0.653. The summed E-state index contributed by atoms with van der Waals surface area (Å²) in [6, 6.07) is 4.44. The maximum absolute atomic E-state index is 11.9. The van der Waals surface area contributed by atoms with E-state index in [9.17, 15) is 14.9 Å². The Morgan fingerprint density at radius 2 is 1.76 bits per heavy atom. The Kier molecular flexibility index (Phi) is 4.61. The van der Waals surface area contributed by atoms with Crippen LogP contribution in [-0.4, -0.2) is 16.6 Å². The number of nitro benzene ring substituents is 1. The minimum Gasteiger partial charge on any atom is -0.444 e. The average Bonchev–Trinajstić information content (AvgIpc) is 2.24. The van der Waals surface area contributed by atoms with E-state index in [0.717, 1.165) is 5.56 Å². The SMILES string of the molecule is CC(C)(C)OC(=O)Nc1cc([N+](=O)[O-])ccc1C(C)(C)C. The van der Waals surface area contributed by atoms with Crippen LogP contribution in [0.3, 0.4) is 0 Å². The first-order valence-corrected chi connectivity index (χ1v) is 6.69. The third-order valence-corrected chi connectivity index (χ3v) is 2.66. The predicted octanol–water partition coefficient (Wildman–Crippen LogP) is 4.24. The summed E-state index contributed by atoms with van der Waals surface area (Å²) >= 11 is 0. The van der Waals surface area contributed by atoms with Gasteiger partial charge >= 0.3 is 6.09 Å². The lowest BCUT2D eigenvalue weighted by Gasteiger charge is -2.24. The molecule has 0 aliphatic heterocycles. The molecule has 0 heterocycles. The molecule has 6 heteroatoms. The molecule has 0 aliphatic carbocycles. The fraction of sp³-hybridized carbons (Fsp3) is 0.533. The van der Waals surface area contributed by atoms with E-state index in [0.29, 0.717) is 5.69 Å². The van der Waals surface area contributed by atoms with Gasteiger partial charge in [0.1, 0.15) is 5.60 Å². The van der Waals surface area contributed by atoms with Crippen molar-refractivity contribution in [3.63, 3.8) is 0 Å². The second-order valence-electron chi connectivity index (χ2n) is 6.86. The molecule has 1 amide bonds. The zero-order chi connectivity index (χ0) is 16.4. The molecule has 0 aromatic heterocycles. The molecule has 1 aromatic carbocycles. The summed E-state index contributed by atoms with van der Waals surface area (Å²) < 4.78 is 5.19. The van der Waals surface area contributed by atoms with Crippen LogP contribution >= 0.6 is 0 Å². The van der Waals surface area contributed by atoms with Crippen LogP contribution < -0.4 is 5.32 Å². The standard InChI is InChI=1S/C15H22N2O4/c1-14(2,3)11-8-7-10(17(19)20)9-12(11)16-13(18)21-15(4,5)6/h7-9H,1-6H3,(H,16,18). The summed E-state index contributed by atoms with van der Waals surface area (Å²) in [6.45, 7) is 11.2. The van der Waals surface area contributed by atoms with Crippen LogP contribution in [0.5, 0.6) is 0 Å². The van der Waals surface area contributed by atoms with Gasteiger partial charge in [0.05, 0.1) is 10.6 Å². The molecule has 21 heavy (non-hydrogen) atoms. The summed E-state index contributed by atoms with van der Waals surface area (Å²) in [5, 5.41) is 13.5. The average molecular weight is 294 g/mol. The Balaban J connectivity index is 3.15.